The van der Waals surface area contributed by atoms with Gasteiger partial charge in [0.05, 0.1) is 19.3 Å². The highest BCUT2D eigenvalue weighted by atomic mass is 16.5. The second kappa shape index (κ2) is 13.3. The molecule has 0 bridgehead atoms. The maximum Gasteiger partial charge on any atom is 0.0704 e. The number of benzene rings is 1. The highest BCUT2D eigenvalue weighted by Gasteiger charge is 2.31. The third-order valence-corrected chi connectivity index (χ3v) is 9.28. The molecule has 3 aliphatic carbocycles. The van der Waals surface area contributed by atoms with Crippen LogP contribution in [0.25, 0.3) is 0 Å². The zero-order chi connectivity index (χ0) is 22.9. The van der Waals surface area contributed by atoms with E-state index in [-0.39, 0.29) is 0 Å². The quantitative estimate of drug-likeness (QED) is 0.329. The van der Waals surface area contributed by atoms with Crippen molar-refractivity contribution in [2.75, 3.05) is 19.8 Å². The van der Waals surface area contributed by atoms with Gasteiger partial charge in [-0.2, -0.15) is 0 Å². The van der Waals surface area contributed by atoms with Crippen molar-refractivity contribution >= 4 is 0 Å². The Hall–Kier alpha value is -0.860. The Morgan fingerprint density at radius 1 is 0.636 bits per heavy atom. The fourth-order valence-corrected chi connectivity index (χ4v) is 6.91. The molecular formula is C31H50O2. The molecule has 2 nitrogen and oxygen atoms in total. The normalized spacial score (nSPS) is 33.2. The SMILES string of the molecule is CCCCOCCOC1CCC(C2CCC(c3ccc(C4CCC(C)CC4)cc3)CC2)CC1. The van der Waals surface area contributed by atoms with Gasteiger partial charge in [-0.1, -0.05) is 57.4 Å². The maximum atomic E-state index is 6.11. The van der Waals surface area contributed by atoms with Crippen LogP contribution >= 0.6 is 0 Å². The molecule has 0 aliphatic heterocycles. The molecule has 3 aliphatic rings. The Labute approximate surface area is 204 Å². The molecule has 0 unspecified atom stereocenters. The Bertz CT molecular complexity index is 644. The van der Waals surface area contributed by atoms with Gasteiger partial charge in [-0.25, -0.2) is 0 Å². The number of rotatable bonds is 10. The van der Waals surface area contributed by atoms with Crippen LogP contribution in [0.2, 0.25) is 0 Å². The molecule has 0 atom stereocenters. The van der Waals surface area contributed by atoms with Crippen molar-refractivity contribution < 1.29 is 9.47 Å². The van der Waals surface area contributed by atoms with Crippen LogP contribution in [-0.2, 0) is 9.47 Å². The fourth-order valence-electron chi connectivity index (χ4n) is 6.91. The molecule has 0 spiro atoms. The van der Waals surface area contributed by atoms with E-state index in [9.17, 15) is 0 Å². The van der Waals surface area contributed by atoms with E-state index in [2.05, 4.69) is 38.1 Å². The smallest absolute Gasteiger partial charge is 0.0704 e. The number of hydrogen-bond acceptors (Lipinski definition) is 2. The average molecular weight is 455 g/mol. The Morgan fingerprint density at radius 2 is 1.15 bits per heavy atom. The molecule has 0 amide bonds. The highest BCUT2D eigenvalue weighted by Crippen LogP contribution is 2.44. The summed E-state index contributed by atoms with van der Waals surface area (Å²) in [6, 6.07) is 9.90. The van der Waals surface area contributed by atoms with Gasteiger partial charge in [-0.05, 0) is 111 Å². The van der Waals surface area contributed by atoms with Crippen LogP contribution < -0.4 is 0 Å². The maximum absolute atomic E-state index is 6.11. The van der Waals surface area contributed by atoms with E-state index >= 15 is 0 Å². The molecule has 0 radical (unpaired) electrons. The van der Waals surface area contributed by atoms with Crippen molar-refractivity contribution in [2.45, 2.75) is 122 Å². The van der Waals surface area contributed by atoms with E-state index in [0.717, 1.165) is 49.4 Å². The van der Waals surface area contributed by atoms with Crippen molar-refractivity contribution in [3.8, 4) is 0 Å². The summed E-state index contributed by atoms with van der Waals surface area (Å²) in [5, 5.41) is 0. The van der Waals surface area contributed by atoms with Crippen LogP contribution in [0.4, 0.5) is 0 Å². The molecule has 3 fully saturated rings. The lowest BCUT2D eigenvalue weighted by Crippen LogP contribution is -2.29. The van der Waals surface area contributed by atoms with Crippen LogP contribution in [0.3, 0.4) is 0 Å². The first kappa shape index (κ1) is 25.2. The molecule has 33 heavy (non-hydrogen) atoms. The third-order valence-electron chi connectivity index (χ3n) is 9.28. The first-order valence-corrected chi connectivity index (χ1v) is 14.5. The van der Waals surface area contributed by atoms with E-state index < -0.39 is 0 Å². The lowest BCUT2D eigenvalue weighted by molar-refractivity contribution is -0.0222. The first-order valence-electron chi connectivity index (χ1n) is 14.5. The highest BCUT2D eigenvalue weighted by molar-refractivity contribution is 5.28. The predicted octanol–water partition coefficient (Wildman–Crippen LogP) is 8.65. The summed E-state index contributed by atoms with van der Waals surface area (Å²) in [6.07, 6.45) is 19.4. The summed E-state index contributed by atoms with van der Waals surface area (Å²) in [5.74, 6) is 4.46. The van der Waals surface area contributed by atoms with Crippen molar-refractivity contribution in [1.82, 2.24) is 0 Å². The summed E-state index contributed by atoms with van der Waals surface area (Å²) >= 11 is 0. The monoisotopic (exact) mass is 454 g/mol. The number of ether oxygens (including phenoxy) is 2. The largest absolute Gasteiger partial charge is 0.379 e. The zero-order valence-corrected chi connectivity index (χ0v) is 21.6. The Balaban J connectivity index is 1.13. The number of unbranched alkanes of at least 4 members (excludes halogenated alkanes) is 1. The van der Waals surface area contributed by atoms with Crippen molar-refractivity contribution in [3.63, 3.8) is 0 Å². The Morgan fingerprint density at radius 3 is 1.70 bits per heavy atom. The molecule has 0 aromatic heterocycles. The molecule has 3 saturated carbocycles. The second-order valence-corrected chi connectivity index (χ2v) is 11.6. The van der Waals surface area contributed by atoms with Crippen molar-refractivity contribution in [1.29, 1.82) is 0 Å². The topological polar surface area (TPSA) is 18.5 Å². The lowest BCUT2D eigenvalue weighted by atomic mass is 9.69. The van der Waals surface area contributed by atoms with Crippen LogP contribution in [-0.4, -0.2) is 25.9 Å². The second-order valence-electron chi connectivity index (χ2n) is 11.6. The molecule has 186 valence electrons. The predicted molar refractivity (Wildman–Crippen MR) is 139 cm³/mol. The molecule has 1 aromatic carbocycles. The molecular weight excluding hydrogens is 404 g/mol. The van der Waals surface area contributed by atoms with E-state index in [4.69, 9.17) is 9.47 Å². The van der Waals surface area contributed by atoms with Gasteiger partial charge in [-0.15, -0.1) is 0 Å². The zero-order valence-electron chi connectivity index (χ0n) is 21.6. The molecule has 0 heterocycles. The molecule has 2 heteroatoms. The Kier molecular flexibility index (Phi) is 10.2. The summed E-state index contributed by atoms with van der Waals surface area (Å²) in [4.78, 5) is 0. The van der Waals surface area contributed by atoms with Gasteiger partial charge in [0.15, 0.2) is 0 Å². The van der Waals surface area contributed by atoms with Gasteiger partial charge < -0.3 is 9.47 Å². The van der Waals surface area contributed by atoms with E-state index in [1.165, 1.54) is 89.9 Å². The lowest BCUT2D eigenvalue weighted by Gasteiger charge is -2.38. The minimum absolute atomic E-state index is 0.484. The first-order chi connectivity index (χ1) is 16.2. The van der Waals surface area contributed by atoms with Crippen molar-refractivity contribution in [3.05, 3.63) is 35.4 Å². The summed E-state index contributed by atoms with van der Waals surface area (Å²) < 4.78 is 11.8. The van der Waals surface area contributed by atoms with E-state index in [1.54, 1.807) is 11.1 Å². The van der Waals surface area contributed by atoms with Crippen LogP contribution in [0.1, 0.15) is 127 Å². The summed E-state index contributed by atoms with van der Waals surface area (Å²) in [7, 11) is 0. The van der Waals surface area contributed by atoms with Gasteiger partial charge in [0.1, 0.15) is 0 Å². The van der Waals surface area contributed by atoms with Gasteiger partial charge in [0.2, 0.25) is 0 Å². The average Bonchev–Trinajstić information content (AvgIpc) is 2.87. The van der Waals surface area contributed by atoms with Crippen LogP contribution in [0.15, 0.2) is 24.3 Å². The number of hydrogen-bond donors (Lipinski definition) is 0. The van der Waals surface area contributed by atoms with Crippen LogP contribution in [0, 0.1) is 17.8 Å². The molecule has 0 saturated heterocycles. The van der Waals surface area contributed by atoms with E-state index in [0.29, 0.717) is 6.10 Å². The third kappa shape index (κ3) is 7.56. The molecule has 4 rings (SSSR count). The summed E-state index contributed by atoms with van der Waals surface area (Å²) in [5.41, 5.74) is 3.21. The van der Waals surface area contributed by atoms with Gasteiger partial charge in [0, 0.05) is 6.61 Å². The van der Waals surface area contributed by atoms with E-state index in [1.807, 2.05) is 0 Å². The minimum Gasteiger partial charge on any atom is -0.379 e. The molecule has 1 aromatic rings. The summed E-state index contributed by atoms with van der Waals surface area (Å²) in [6.45, 7) is 7.06. The van der Waals surface area contributed by atoms with Crippen LogP contribution in [0.5, 0.6) is 0 Å². The van der Waals surface area contributed by atoms with Gasteiger partial charge in [-0.3, -0.25) is 0 Å². The fraction of sp³-hybridized carbons (Fsp3) is 0.806. The minimum atomic E-state index is 0.484. The van der Waals surface area contributed by atoms with Crippen molar-refractivity contribution in [2.24, 2.45) is 17.8 Å². The van der Waals surface area contributed by atoms with Gasteiger partial charge >= 0.3 is 0 Å². The standard InChI is InChI=1S/C31H50O2/c1-3-4-21-32-22-23-33-31-19-17-30(18-20-31)29-15-13-28(14-16-29)27-11-9-26(10-12-27)25-7-5-24(2)6-8-25/h9-12,24-25,28-31H,3-8,13-23H2,1-2H3. The van der Waals surface area contributed by atoms with Gasteiger partial charge in [0.25, 0.3) is 0 Å². The molecule has 0 N–H and O–H groups in total.